The largest absolute Gasteiger partial charge is 0.342 e. The van der Waals surface area contributed by atoms with Crippen LogP contribution in [0.1, 0.15) is 17.0 Å². The number of hydrogen-bond acceptors (Lipinski definition) is 2. The maximum atomic E-state index is 4.59. The van der Waals surface area contributed by atoms with Crippen LogP contribution in [0, 0.1) is 13.8 Å². The SMILES string of the molecule is C=CCNCCc1nc2cc(C)c(C)cc2[nH]1. The van der Waals surface area contributed by atoms with Gasteiger partial charge < -0.3 is 10.3 Å². The van der Waals surface area contributed by atoms with E-state index in [2.05, 4.69) is 47.8 Å². The van der Waals surface area contributed by atoms with Gasteiger partial charge in [0.15, 0.2) is 0 Å². The number of hydrogen-bond donors (Lipinski definition) is 2. The highest BCUT2D eigenvalue weighted by Crippen LogP contribution is 2.17. The molecule has 0 aliphatic rings. The van der Waals surface area contributed by atoms with Gasteiger partial charge in [0.05, 0.1) is 11.0 Å². The third kappa shape index (κ3) is 2.74. The Bertz CT molecular complexity index is 486. The summed E-state index contributed by atoms with van der Waals surface area (Å²) in [7, 11) is 0. The first-order valence-electron chi connectivity index (χ1n) is 5.98. The fourth-order valence-corrected chi connectivity index (χ4v) is 1.85. The lowest BCUT2D eigenvalue weighted by atomic mass is 10.1. The van der Waals surface area contributed by atoms with Crippen LogP contribution >= 0.6 is 0 Å². The Morgan fingerprint density at radius 3 is 2.88 bits per heavy atom. The normalized spacial score (nSPS) is 10.9. The Morgan fingerprint density at radius 1 is 1.35 bits per heavy atom. The molecule has 0 aliphatic heterocycles. The van der Waals surface area contributed by atoms with E-state index < -0.39 is 0 Å². The summed E-state index contributed by atoms with van der Waals surface area (Å²) < 4.78 is 0. The minimum Gasteiger partial charge on any atom is -0.342 e. The Labute approximate surface area is 102 Å². The molecule has 0 unspecified atom stereocenters. The third-order valence-electron chi connectivity index (χ3n) is 2.97. The lowest BCUT2D eigenvalue weighted by Gasteiger charge is -1.97. The molecule has 1 aromatic carbocycles. The highest BCUT2D eigenvalue weighted by Gasteiger charge is 2.04. The van der Waals surface area contributed by atoms with Crippen LogP contribution in [0.2, 0.25) is 0 Å². The summed E-state index contributed by atoms with van der Waals surface area (Å²) in [6.07, 6.45) is 2.78. The zero-order valence-electron chi connectivity index (χ0n) is 10.5. The molecule has 1 aromatic heterocycles. The van der Waals surface area contributed by atoms with E-state index in [1.54, 1.807) is 0 Å². The molecule has 0 aliphatic carbocycles. The van der Waals surface area contributed by atoms with Gasteiger partial charge in [-0.15, -0.1) is 6.58 Å². The number of aromatic amines is 1. The lowest BCUT2D eigenvalue weighted by Crippen LogP contribution is -2.17. The van der Waals surface area contributed by atoms with E-state index in [1.807, 2.05) is 6.08 Å². The molecule has 90 valence electrons. The average Bonchev–Trinajstić information content (AvgIpc) is 2.67. The van der Waals surface area contributed by atoms with Crippen molar-refractivity contribution in [2.24, 2.45) is 0 Å². The van der Waals surface area contributed by atoms with Crippen molar-refractivity contribution in [3.63, 3.8) is 0 Å². The summed E-state index contributed by atoms with van der Waals surface area (Å²) in [4.78, 5) is 7.95. The monoisotopic (exact) mass is 229 g/mol. The van der Waals surface area contributed by atoms with Gasteiger partial charge >= 0.3 is 0 Å². The molecule has 3 heteroatoms. The number of rotatable bonds is 5. The number of H-pyrrole nitrogens is 1. The summed E-state index contributed by atoms with van der Waals surface area (Å²) in [5, 5.41) is 3.27. The van der Waals surface area contributed by atoms with Crippen LogP contribution in [0.5, 0.6) is 0 Å². The first-order chi connectivity index (χ1) is 8.20. The molecule has 3 nitrogen and oxygen atoms in total. The second-order valence-corrected chi connectivity index (χ2v) is 4.38. The van der Waals surface area contributed by atoms with Crippen molar-refractivity contribution in [2.45, 2.75) is 20.3 Å². The summed E-state index contributed by atoms with van der Waals surface area (Å²) in [6, 6.07) is 4.31. The first-order valence-corrected chi connectivity index (χ1v) is 5.98. The molecule has 0 atom stereocenters. The molecule has 17 heavy (non-hydrogen) atoms. The fourth-order valence-electron chi connectivity index (χ4n) is 1.85. The Balaban J connectivity index is 2.12. The molecule has 0 amide bonds. The summed E-state index contributed by atoms with van der Waals surface area (Å²) in [6.45, 7) is 9.69. The third-order valence-corrected chi connectivity index (χ3v) is 2.97. The van der Waals surface area contributed by atoms with Crippen LogP contribution in [0.3, 0.4) is 0 Å². The zero-order valence-corrected chi connectivity index (χ0v) is 10.5. The topological polar surface area (TPSA) is 40.7 Å². The number of imidazole rings is 1. The van der Waals surface area contributed by atoms with Crippen molar-refractivity contribution in [2.75, 3.05) is 13.1 Å². The Morgan fingerprint density at radius 2 is 2.12 bits per heavy atom. The van der Waals surface area contributed by atoms with Crippen LogP contribution in [0.25, 0.3) is 11.0 Å². The van der Waals surface area contributed by atoms with Gasteiger partial charge in [-0.1, -0.05) is 6.08 Å². The zero-order chi connectivity index (χ0) is 12.3. The van der Waals surface area contributed by atoms with E-state index in [1.165, 1.54) is 11.1 Å². The Hall–Kier alpha value is -1.61. The molecule has 0 spiro atoms. The predicted octanol–water partition coefficient (Wildman–Crippen LogP) is 2.50. The van der Waals surface area contributed by atoms with E-state index in [-0.39, 0.29) is 0 Å². The predicted molar refractivity (Wildman–Crippen MR) is 72.3 cm³/mol. The maximum absolute atomic E-state index is 4.59. The maximum Gasteiger partial charge on any atom is 0.108 e. The van der Waals surface area contributed by atoms with Crippen molar-refractivity contribution in [1.82, 2.24) is 15.3 Å². The fraction of sp³-hybridized carbons (Fsp3) is 0.357. The number of fused-ring (bicyclic) bond motifs is 1. The number of nitrogens with one attached hydrogen (secondary N) is 2. The molecule has 2 aromatic rings. The minimum atomic E-state index is 0.846. The van der Waals surface area contributed by atoms with Gasteiger partial charge in [0.2, 0.25) is 0 Å². The van der Waals surface area contributed by atoms with Crippen LogP contribution in [0.4, 0.5) is 0 Å². The molecule has 0 fully saturated rings. The number of aromatic nitrogens is 2. The molecule has 0 bridgehead atoms. The number of aryl methyl sites for hydroxylation is 2. The second kappa shape index (κ2) is 5.15. The van der Waals surface area contributed by atoms with Gasteiger partial charge in [0, 0.05) is 19.5 Å². The van der Waals surface area contributed by atoms with Crippen LogP contribution in [-0.4, -0.2) is 23.1 Å². The number of nitrogens with zero attached hydrogens (tertiary/aromatic N) is 1. The van der Waals surface area contributed by atoms with E-state index in [9.17, 15) is 0 Å². The van der Waals surface area contributed by atoms with Crippen molar-refractivity contribution < 1.29 is 0 Å². The van der Waals surface area contributed by atoms with Crippen LogP contribution in [0.15, 0.2) is 24.8 Å². The van der Waals surface area contributed by atoms with Crippen molar-refractivity contribution >= 4 is 11.0 Å². The average molecular weight is 229 g/mol. The van der Waals surface area contributed by atoms with Gasteiger partial charge in [-0.25, -0.2) is 4.98 Å². The van der Waals surface area contributed by atoms with Gasteiger partial charge in [0.1, 0.15) is 5.82 Å². The van der Waals surface area contributed by atoms with Gasteiger partial charge in [-0.05, 0) is 37.1 Å². The molecule has 2 rings (SSSR count). The Kier molecular flexibility index (Phi) is 3.59. The second-order valence-electron chi connectivity index (χ2n) is 4.38. The molecule has 0 saturated heterocycles. The highest BCUT2D eigenvalue weighted by molar-refractivity contribution is 5.77. The van der Waals surface area contributed by atoms with E-state index in [4.69, 9.17) is 0 Å². The molecule has 2 N–H and O–H groups in total. The van der Waals surface area contributed by atoms with Crippen molar-refractivity contribution in [1.29, 1.82) is 0 Å². The van der Waals surface area contributed by atoms with Crippen molar-refractivity contribution in [3.8, 4) is 0 Å². The summed E-state index contributed by atoms with van der Waals surface area (Å²) in [5.41, 5.74) is 4.79. The molecular weight excluding hydrogens is 210 g/mol. The quantitative estimate of drug-likeness (QED) is 0.611. The smallest absolute Gasteiger partial charge is 0.108 e. The standard InChI is InChI=1S/C14H19N3/c1-4-6-15-7-5-14-16-12-8-10(2)11(3)9-13(12)17-14/h4,8-9,15H,1,5-7H2,2-3H3,(H,16,17). The van der Waals surface area contributed by atoms with E-state index in [0.717, 1.165) is 36.4 Å². The van der Waals surface area contributed by atoms with Gasteiger partial charge in [-0.3, -0.25) is 0 Å². The first kappa shape index (κ1) is 11.9. The summed E-state index contributed by atoms with van der Waals surface area (Å²) >= 11 is 0. The minimum absolute atomic E-state index is 0.846. The molecular formula is C14H19N3. The van der Waals surface area contributed by atoms with E-state index in [0.29, 0.717) is 0 Å². The van der Waals surface area contributed by atoms with Crippen molar-refractivity contribution in [3.05, 3.63) is 41.7 Å². The molecule has 0 saturated carbocycles. The summed E-state index contributed by atoms with van der Waals surface area (Å²) in [5.74, 6) is 1.04. The highest BCUT2D eigenvalue weighted by atomic mass is 14.9. The van der Waals surface area contributed by atoms with E-state index >= 15 is 0 Å². The van der Waals surface area contributed by atoms with Gasteiger partial charge in [0.25, 0.3) is 0 Å². The van der Waals surface area contributed by atoms with Crippen LogP contribution in [-0.2, 0) is 6.42 Å². The number of benzene rings is 1. The van der Waals surface area contributed by atoms with Gasteiger partial charge in [-0.2, -0.15) is 0 Å². The molecule has 0 radical (unpaired) electrons. The molecule has 1 heterocycles. The lowest BCUT2D eigenvalue weighted by molar-refractivity contribution is 0.727. The van der Waals surface area contributed by atoms with Crippen LogP contribution < -0.4 is 5.32 Å².